The zero-order chi connectivity index (χ0) is 19.1. The van der Waals surface area contributed by atoms with Gasteiger partial charge in [0, 0.05) is 24.7 Å². The number of alkyl halides is 2. The predicted molar refractivity (Wildman–Crippen MR) is 82.9 cm³/mol. The molecule has 0 atom stereocenters. The zero-order valence-corrected chi connectivity index (χ0v) is 13.2. The number of hydrogen-bond donors (Lipinski definition) is 0. The van der Waals surface area contributed by atoms with Crippen LogP contribution in [0.2, 0.25) is 0 Å². The summed E-state index contributed by atoms with van der Waals surface area (Å²) in [7, 11) is 0. The van der Waals surface area contributed by atoms with Crippen LogP contribution < -0.4 is 4.74 Å². The highest BCUT2D eigenvalue weighted by atomic mass is 19.3. The summed E-state index contributed by atoms with van der Waals surface area (Å²) in [5, 5.41) is 10.8. The van der Waals surface area contributed by atoms with Crippen molar-refractivity contribution in [2.24, 2.45) is 0 Å². The molecule has 6 nitrogen and oxygen atoms in total. The van der Waals surface area contributed by atoms with Gasteiger partial charge in [0.1, 0.15) is 5.82 Å². The number of benzene rings is 2. The Morgan fingerprint density at radius 1 is 1.23 bits per heavy atom. The van der Waals surface area contributed by atoms with E-state index in [0.29, 0.717) is 6.07 Å². The number of imidazole rings is 1. The first-order valence-corrected chi connectivity index (χ1v) is 7.40. The Hall–Kier alpha value is -3.17. The van der Waals surface area contributed by atoms with Gasteiger partial charge < -0.3 is 9.30 Å². The average Bonchev–Trinajstić information content (AvgIpc) is 2.96. The number of rotatable bonds is 5. The van der Waals surface area contributed by atoms with Crippen LogP contribution in [0.5, 0.6) is 5.75 Å². The Labute approximate surface area is 143 Å². The number of halogens is 4. The number of aryl methyl sites for hydroxylation is 1. The smallest absolute Gasteiger partial charge is 0.423 e. The van der Waals surface area contributed by atoms with E-state index in [9.17, 15) is 27.7 Å². The first-order chi connectivity index (χ1) is 12.2. The second-order valence-electron chi connectivity index (χ2n) is 5.30. The van der Waals surface area contributed by atoms with Crippen LogP contribution in [0.15, 0.2) is 36.4 Å². The van der Waals surface area contributed by atoms with Gasteiger partial charge in [-0.3, -0.25) is 10.1 Å². The van der Waals surface area contributed by atoms with Crippen LogP contribution in [0.3, 0.4) is 0 Å². The summed E-state index contributed by atoms with van der Waals surface area (Å²) in [6, 6.07) is 5.45. The molecule has 0 aliphatic carbocycles. The lowest BCUT2D eigenvalue weighted by molar-refractivity contribution is -0.384. The van der Waals surface area contributed by atoms with Crippen LogP contribution in [0, 0.1) is 21.7 Å². The molecular formula is C16H11F4N3O3. The first-order valence-electron chi connectivity index (χ1n) is 7.40. The van der Waals surface area contributed by atoms with Crippen LogP contribution in [0.25, 0.3) is 11.0 Å². The second-order valence-corrected chi connectivity index (χ2v) is 5.30. The number of fused-ring (bicyclic) bond motifs is 1. The minimum absolute atomic E-state index is 0.0288. The zero-order valence-electron chi connectivity index (χ0n) is 13.2. The molecule has 0 saturated heterocycles. The van der Waals surface area contributed by atoms with Crippen LogP contribution in [-0.2, 0) is 12.7 Å². The topological polar surface area (TPSA) is 70.2 Å². The highest BCUT2D eigenvalue weighted by molar-refractivity contribution is 5.79. The van der Waals surface area contributed by atoms with Crippen molar-refractivity contribution in [2.45, 2.75) is 19.6 Å². The SMILES string of the molecule is CCn1c(C(F)(F)Oc2ccc(F)cc2F)nc2cc([N+](=O)[O-])ccc21. The molecule has 26 heavy (non-hydrogen) atoms. The number of non-ortho nitro benzene ring substituents is 1. The summed E-state index contributed by atoms with van der Waals surface area (Å²) in [5.74, 6) is -3.93. The largest absolute Gasteiger partial charge is 0.461 e. The lowest BCUT2D eigenvalue weighted by Crippen LogP contribution is -2.27. The Morgan fingerprint density at radius 2 is 1.96 bits per heavy atom. The van der Waals surface area contributed by atoms with Crippen molar-refractivity contribution >= 4 is 16.7 Å². The van der Waals surface area contributed by atoms with Crippen molar-refractivity contribution in [1.29, 1.82) is 0 Å². The quantitative estimate of drug-likeness (QED) is 0.380. The maximum atomic E-state index is 14.6. The van der Waals surface area contributed by atoms with E-state index in [0.717, 1.165) is 22.8 Å². The molecule has 0 fully saturated rings. The second kappa shape index (κ2) is 6.28. The van der Waals surface area contributed by atoms with Gasteiger partial charge in [0.2, 0.25) is 5.82 Å². The summed E-state index contributed by atoms with van der Waals surface area (Å²) in [6.07, 6.45) is -4.05. The summed E-state index contributed by atoms with van der Waals surface area (Å²) in [4.78, 5) is 13.9. The minimum atomic E-state index is -4.05. The van der Waals surface area contributed by atoms with Gasteiger partial charge in [-0.05, 0) is 25.1 Å². The molecule has 136 valence electrons. The lowest BCUT2D eigenvalue weighted by Gasteiger charge is -2.18. The highest BCUT2D eigenvalue weighted by Crippen LogP contribution is 2.35. The van der Waals surface area contributed by atoms with Gasteiger partial charge in [0.15, 0.2) is 11.6 Å². The van der Waals surface area contributed by atoms with Gasteiger partial charge in [-0.15, -0.1) is 0 Å². The lowest BCUT2D eigenvalue weighted by atomic mass is 10.3. The average molecular weight is 369 g/mol. The van der Waals surface area contributed by atoms with Gasteiger partial charge >= 0.3 is 6.11 Å². The van der Waals surface area contributed by atoms with E-state index in [1.807, 2.05) is 0 Å². The van der Waals surface area contributed by atoms with Crippen LogP contribution >= 0.6 is 0 Å². The third-order valence-electron chi connectivity index (χ3n) is 3.65. The first kappa shape index (κ1) is 17.6. The van der Waals surface area contributed by atoms with Crippen LogP contribution in [-0.4, -0.2) is 14.5 Å². The monoisotopic (exact) mass is 369 g/mol. The van der Waals surface area contributed by atoms with Crippen molar-refractivity contribution in [1.82, 2.24) is 9.55 Å². The predicted octanol–water partition coefficient (Wildman–Crippen LogP) is 4.37. The van der Waals surface area contributed by atoms with Gasteiger partial charge in [0.05, 0.1) is 16.0 Å². The number of aromatic nitrogens is 2. The summed E-state index contributed by atoms with van der Waals surface area (Å²) in [5.41, 5.74) is -0.103. The molecule has 0 N–H and O–H groups in total. The highest BCUT2D eigenvalue weighted by Gasteiger charge is 2.41. The van der Waals surface area contributed by atoms with Crippen molar-refractivity contribution in [3.8, 4) is 5.75 Å². The molecule has 2 aromatic carbocycles. The van der Waals surface area contributed by atoms with E-state index in [-0.39, 0.29) is 23.3 Å². The van der Waals surface area contributed by atoms with Crippen molar-refractivity contribution in [3.63, 3.8) is 0 Å². The molecule has 0 unspecified atom stereocenters. The van der Waals surface area contributed by atoms with E-state index in [2.05, 4.69) is 9.72 Å². The summed E-state index contributed by atoms with van der Waals surface area (Å²) >= 11 is 0. The summed E-state index contributed by atoms with van der Waals surface area (Å²) < 4.78 is 61.2. The van der Waals surface area contributed by atoms with Gasteiger partial charge in [-0.25, -0.2) is 13.8 Å². The van der Waals surface area contributed by atoms with Crippen LogP contribution in [0.1, 0.15) is 12.7 Å². The molecular weight excluding hydrogens is 358 g/mol. The van der Waals surface area contributed by atoms with E-state index in [1.165, 1.54) is 12.1 Å². The molecule has 1 aromatic heterocycles. The van der Waals surface area contributed by atoms with Crippen molar-refractivity contribution < 1.29 is 27.2 Å². The molecule has 0 aliphatic heterocycles. The Morgan fingerprint density at radius 3 is 2.58 bits per heavy atom. The molecule has 0 radical (unpaired) electrons. The maximum absolute atomic E-state index is 14.6. The van der Waals surface area contributed by atoms with Gasteiger partial charge in [0.25, 0.3) is 5.69 Å². The fourth-order valence-corrected chi connectivity index (χ4v) is 2.52. The van der Waals surface area contributed by atoms with E-state index in [4.69, 9.17) is 0 Å². The number of nitro benzene ring substituents is 1. The Balaban J connectivity index is 2.08. The number of nitro groups is 1. The molecule has 1 heterocycles. The molecule has 3 rings (SSSR count). The van der Waals surface area contributed by atoms with E-state index in [1.54, 1.807) is 6.92 Å². The Bertz CT molecular complexity index is 1000. The van der Waals surface area contributed by atoms with Gasteiger partial charge in [-0.2, -0.15) is 8.78 Å². The van der Waals surface area contributed by atoms with Crippen LogP contribution in [0.4, 0.5) is 23.2 Å². The molecule has 3 aromatic rings. The number of ether oxygens (including phenoxy) is 1. The number of hydrogen-bond acceptors (Lipinski definition) is 4. The van der Waals surface area contributed by atoms with Gasteiger partial charge in [-0.1, -0.05) is 0 Å². The fraction of sp³-hybridized carbons (Fsp3) is 0.188. The summed E-state index contributed by atoms with van der Waals surface area (Å²) in [6.45, 7) is 1.63. The molecule has 10 heteroatoms. The third-order valence-corrected chi connectivity index (χ3v) is 3.65. The normalized spacial score (nSPS) is 11.7. The molecule has 0 saturated carbocycles. The Kier molecular flexibility index (Phi) is 4.26. The third kappa shape index (κ3) is 3.05. The fourth-order valence-electron chi connectivity index (χ4n) is 2.52. The van der Waals surface area contributed by atoms with E-state index >= 15 is 0 Å². The number of nitrogens with zero attached hydrogens (tertiary/aromatic N) is 3. The maximum Gasteiger partial charge on any atom is 0.461 e. The standard InChI is InChI=1S/C16H11F4N3O3/c1-2-22-13-5-4-10(23(24)25)8-12(13)21-15(22)16(19,20)26-14-6-3-9(17)7-11(14)18/h3-8H,2H2,1H3. The molecule has 0 amide bonds. The molecule has 0 spiro atoms. The van der Waals surface area contributed by atoms with Crippen molar-refractivity contribution in [3.05, 3.63) is 64.0 Å². The minimum Gasteiger partial charge on any atom is -0.423 e. The van der Waals surface area contributed by atoms with Crippen molar-refractivity contribution in [2.75, 3.05) is 0 Å². The molecule has 0 bridgehead atoms. The molecule has 0 aliphatic rings. The van der Waals surface area contributed by atoms with E-state index < -0.39 is 34.2 Å².